The second-order valence-corrected chi connectivity index (χ2v) is 6.18. The number of benzene rings is 1. The number of carbonyl (C=O) groups excluding carboxylic acids is 2. The van der Waals surface area contributed by atoms with Crippen LogP contribution in [-0.2, 0) is 0 Å². The molecule has 1 aliphatic rings. The van der Waals surface area contributed by atoms with Crippen LogP contribution < -0.4 is 11.1 Å². The molecule has 3 N–H and O–H groups in total. The zero-order valence-corrected chi connectivity index (χ0v) is 14.9. The number of hydrogen-bond acceptors (Lipinski definition) is 3. The summed E-state index contributed by atoms with van der Waals surface area (Å²) in [5, 5.41) is 2.82. The van der Waals surface area contributed by atoms with Crippen molar-refractivity contribution >= 4 is 24.2 Å². The molecule has 1 aromatic rings. The Bertz CT molecular complexity index is 587. The van der Waals surface area contributed by atoms with Crippen molar-refractivity contribution in [1.82, 2.24) is 10.2 Å². The standard InChI is InChI=1S/C17H24FN3O2.ClH/c1-11-4-3-5-12(2)21(11)9-8-20-17(23)13-6-7-15(18)14(10-13)16(19)22;/h6-7,10-12H,3-5,8-9H2,1-2H3,(H2,19,22)(H,20,23);1H/t11-,12+;. The van der Waals surface area contributed by atoms with E-state index in [2.05, 4.69) is 24.1 Å². The van der Waals surface area contributed by atoms with Gasteiger partial charge in [0, 0.05) is 30.7 Å². The number of hydrogen-bond donors (Lipinski definition) is 2. The number of amides is 2. The van der Waals surface area contributed by atoms with E-state index in [9.17, 15) is 14.0 Å². The summed E-state index contributed by atoms with van der Waals surface area (Å²) < 4.78 is 13.4. The van der Waals surface area contributed by atoms with E-state index in [1.807, 2.05) is 0 Å². The summed E-state index contributed by atoms with van der Waals surface area (Å²) in [6.07, 6.45) is 3.60. The Morgan fingerprint density at radius 1 is 1.29 bits per heavy atom. The van der Waals surface area contributed by atoms with E-state index in [1.165, 1.54) is 31.4 Å². The third kappa shape index (κ3) is 4.92. The molecule has 0 radical (unpaired) electrons. The Morgan fingerprint density at radius 3 is 2.50 bits per heavy atom. The van der Waals surface area contributed by atoms with E-state index in [0.29, 0.717) is 18.6 Å². The van der Waals surface area contributed by atoms with Gasteiger partial charge >= 0.3 is 0 Å². The molecular formula is C17H25ClFN3O2. The molecule has 2 rings (SSSR count). The molecule has 2 atom stereocenters. The third-order valence-electron chi connectivity index (χ3n) is 4.53. The molecule has 7 heteroatoms. The number of nitrogens with zero attached hydrogens (tertiary/aromatic N) is 1. The van der Waals surface area contributed by atoms with Crippen LogP contribution in [0.3, 0.4) is 0 Å². The minimum absolute atomic E-state index is 0. The van der Waals surface area contributed by atoms with Gasteiger partial charge in [0.05, 0.1) is 5.56 Å². The first-order valence-corrected chi connectivity index (χ1v) is 8.03. The van der Waals surface area contributed by atoms with Gasteiger partial charge in [-0.25, -0.2) is 4.39 Å². The zero-order valence-electron chi connectivity index (χ0n) is 14.0. The maximum Gasteiger partial charge on any atom is 0.251 e. The average molecular weight is 358 g/mol. The largest absolute Gasteiger partial charge is 0.366 e. The smallest absolute Gasteiger partial charge is 0.251 e. The third-order valence-corrected chi connectivity index (χ3v) is 4.53. The van der Waals surface area contributed by atoms with E-state index in [4.69, 9.17) is 5.73 Å². The Kier molecular flexibility index (Phi) is 7.63. The van der Waals surface area contributed by atoms with Gasteiger partial charge in [-0.2, -0.15) is 0 Å². The molecule has 1 aliphatic heterocycles. The number of carbonyl (C=O) groups is 2. The number of nitrogens with one attached hydrogen (secondary N) is 1. The maximum absolute atomic E-state index is 13.4. The summed E-state index contributed by atoms with van der Waals surface area (Å²) in [4.78, 5) is 25.7. The number of halogens is 2. The average Bonchev–Trinajstić information content (AvgIpc) is 2.50. The number of nitrogens with two attached hydrogens (primary N) is 1. The minimum atomic E-state index is -0.881. The summed E-state index contributed by atoms with van der Waals surface area (Å²) in [6, 6.07) is 4.66. The topological polar surface area (TPSA) is 75.4 Å². The van der Waals surface area contributed by atoms with Crippen molar-refractivity contribution < 1.29 is 14.0 Å². The summed E-state index contributed by atoms with van der Waals surface area (Å²) >= 11 is 0. The molecular weight excluding hydrogens is 333 g/mol. The van der Waals surface area contributed by atoms with Gasteiger partial charge in [-0.15, -0.1) is 12.4 Å². The maximum atomic E-state index is 13.4. The van der Waals surface area contributed by atoms with Crippen LogP contribution in [0.25, 0.3) is 0 Å². The fourth-order valence-corrected chi connectivity index (χ4v) is 3.17. The van der Waals surface area contributed by atoms with Gasteiger partial charge in [-0.05, 0) is 44.9 Å². The van der Waals surface area contributed by atoms with Crippen LogP contribution in [0, 0.1) is 5.82 Å². The molecule has 0 bridgehead atoms. The fraction of sp³-hybridized carbons (Fsp3) is 0.529. The molecule has 1 fully saturated rings. The zero-order chi connectivity index (χ0) is 17.0. The van der Waals surface area contributed by atoms with Crippen molar-refractivity contribution in [2.75, 3.05) is 13.1 Å². The lowest BCUT2D eigenvalue weighted by Gasteiger charge is -2.39. The molecule has 2 amide bonds. The van der Waals surface area contributed by atoms with Crippen molar-refractivity contribution in [2.24, 2.45) is 5.73 Å². The molecule has 5 nitrogen and oxygen atoms in total. The van der Waals surface area contributed by atoms with Crippen molar-refractivity contribution in [3.8, 4) is 0 Å². The predicted octanol–water partition coefficient (Wildman–Crippen LogP) is 2.34. The van der Waals surface area contributed by atoms with Crippen molar-refractivity contribution in [3.05, 3.63) is 35.1 Å². The molecule has 1 saturated heterocycles. The molecule has 134 valence electrons. The van der Waals surface area contributed by atoms with E-state index in [-0.39, 0.29) is 29.4 Å². The Morgan fingerprint density at radius 2 is 1.92 bits per heavy atom. The SMILES string of the molecule is C[C@@H]1CCC[C@H](C)N1CCNC(=O)c1ccc(F)c(C(N)=O)c1.Cl. The Labute approximate surface area is 148 Å². The number of primary amides is 1. The van der Waals surface area contributed by atoms with E-state index in [0.717, 1.165) is 12.6 Å². The lowest BCUT2D eigenvalue weighted by molar-refractivity contribution is 0.0889. The number of likely N-dealkylation sites (tertiary alicyclic amines) is 1. The predicted molar refractivity (Wildman–Crippen MR) is 94.0 cm³/mol. The normalized spacial score (nSPS) is 21.0. The summed E-state index contributed by atoms with van der Waals surface area (Å²) in [5.74, 6) is -1.93. The fourth-order valence-electron chi connectivity index (χ4n) is 3.17. The highest BCUT2D eigenvalue weighted by Gasteiger charge is 2.24. The summed E-state index contributed by atoms with van der Waals surface area (Å²) in [5.41, 5.74) is 5.06. The molecule has 24 heavy (non-hydrogen) atoms. The van der Waals surface area contributed by atoms with Crippen molar-refractivity contribution in [2.45, 2.75) is 45.2 Å². The lowest BCUT2D eigenvalue weighted by Crippen LogP contribution is -2.47. The highest BCUT2D eigenvalue weighted by atomic mass is 35.5. The molecule has 0 aromatic heterocycles. The van der Waals surface area contributed by atoms with Crippen LogP contribution in [0.15, 0.2) is 18.2 Å². The van der Waals surface area contributed by atoms with E-state index >= 15 is 0 Å². The van der Waals surface area contributed by atoms with Gasteiger partial charge < -0.3 is 11.1 Å². The van der Waals surface area contributed by atoms with Gasteiger partial charge in [-0.3, -0.25) is 14.5 Å². The van der Waals surface area contributed by atoms with Crippen LogP contribution in [0.2, 0.25) is 0 Å². The van der Waals surface area contributed by atoms with Crippen LogP contribution in [-0.4, -0.2) is 41.9 Å². The minimum Gasteiger partial charge on any atom is -0.366 e. The van der Waals surface area contributed by atoms with Crippen molar-refractivity contribution in [1.29, 1.82) is 0 Å². The highest BCUT2D eigenvalue weighted by Crippen LogP contribution is 2.21. The second kappa shape index (κ2) is 8.99. The van der Waals surface area contributed by atoms with Crippen LogP contribution >= 0.6 is 12.4 Å². The molecule has 0 saturated carbocycles. The van der Waals surface area contributed by atoms with Crippen molar-refractivity contribution in [3.63, 3.8) is 0 Å². The highest BCUT2D eigenvalue weighted by molar-refractivity contribution is 5.99. The molecule has 0 aliphatic carbocycles. The van der Waals surface area contributed by atoms with Gasteiger partial charge in [0.1, 0.15) is 5.82 Å². The Balaban J connectivity index is 0.00000288. The second-order valence-electron chi connectivity index (χ2n) is 6.18. The first-order valence-electron chi connectivity index (χ1n) is 8.03. The molecule has 1 aromatic carbocycles. The van der Waals surface area contributed by atoms with Gasteiger partial charge in [0.2, 0.25) is 0 Å². The first-order chi connectivity index (χ1) is 10.9. The molecule has 1 heterocycles. The summed E-state index contributed by atoms with van der Waals surface area (Å²) in [7, 11) is 0. The van der Waals surface area contributed by atoms with Crippen LogP contribution in [0.5, 0.6) is 0 Å². The quantitative estimate of drug-likeness (QED) is 0.849. The van der Waals surface area contributed by atoms with Gasteiger partial charge in [-0.1, -0.05) is 6.42 Å². The number of piperidine rings is 1. The van der Waals surface area contributed by atoms with E-state index in [1.54, 1.807) is 0 Å². The Hall–Kier alpha value is -1.66. The van der Waals surface area contributed by atoms with Gasteiger partial charge in [0.15, 0.2) is 0 Å². The summed E-state index contributed by atoms with van der Waals surface area (Å²) in [6.45, 7) is 5.70. The molecule has 0 unspecified atom stereocenters. The first kappa shape index (κ1) is 20.4. The monoisotopic (exact) mass is 357 g/mol. The van der Waals surface area contributed by atoms with Crippen LogP contribution in [0.1, 0.15) is 53.8 Å². The number of rotatable bonds is 5. The van der Waals surface area contributed by atoms with E-state index < -0.39 is 11.7 Å². The lowest BCUT2D eigenvalue weighted by atomic mass is 9.98. The van der Waals surface area contributed by atoms with Crippen LogP contribution in [0.4, 0.5) is 4.39 Å². The molecule has 0 spiro atoms. The van der Waals surface area contributed by atoms with Gasteiger partial charge in [0.25, 0.3) is 11.8 Å².